The Labute approximate surface area is 156 Å². The predicted molar refractivity (Wildman–Crippen MR) is 72.8 cm³/mol. The molecule has 0 radical (unpaired) electrons. The van der Waals surface area contributed by atoms with Crippen molar-refractivity contribution < 1.29 is 28.2 Å². The summed E-state index contributed by atoms with van der Waals surface area (Å²) in [6.07, 6.45) is 0. The Morgan fingerprint density at radius 3 is 1.36 bits per heavy atom. The van der Waals surface area contributed by atoms with Gasteiger partial charge in [-0.15, -0.1) is 0 Å². The topological polar surface area (TPSA) is 114 Å². The third-order valence-corrected chi connectivity index (χ3v) is 4.66. The van der Waals surface area contributed by atoms with E-state index in [1.54, 1.807) is 0 Å². The fraction of sp³-hybridized carbons (Fsp3) is 0. The third kappa shape index (κ3) is 3.49. The van der Waals surface area contributed by atoms with E-state index in [1.807, 2.05) is 0 Å². The molecule has 0 aromatic heterocycles. The van der Waals surface area contributed by atoms with E-state index >= 15 is 0 Å². The predicted octanol–water partition coefficient (Wildman–Crippen LogP) is -1.13. The van der Waals surface area contributed by atoms with Gasteiger partial charge in [-0.25, -0.2) is 8.42 Å². The monoisotopic (exact) mass is 344 g/mol. The fourth-order valence-corrected chi connectivity index (χ4v) is 3.49. The number of carboxylic acid groups (broad SMARTS) is 2. The van der Waals surface area contributed by atoms with Crippen LogP contribution in [0.15, 0.2) is 58.3 Å². The maximum Gasteiger partial charge on any atom is 2.00 e. The van der Waals surface area contributed by atoms with Crippen LogP contribution < -0.4 is 10.2 Å². The molecule has 0 saturated carbocycles. The Balaban J connectivity index is 0.00000242. The number of carbonyl (C=O) groups excluding carboxylic acids is 2. The molecular weight excluding hydrogens is 336 g/mol. The Morgan fingerprint density at radius 1 is 0.727 bits per heavy atom. The number of aromatic carboxylic acids is 2. The molecule has 6 nitrogen and oxygen atoms in total. The average Bonchev–Trinajstić information content (AvgIpc) is 2.47. The summed E-state index contributed by atoms with van der Waals surface area (Å²) < 4.78 is 25.0. The Kier molecular flexibility index (Phi) is 6.13. The molecule has 2 aromatic rings. The van der Waals surface area contributed by atoms with Crippen LogP contribution in [-0.2, 0) is 9.84 Å². The summed E-state index contributed by atoms with van der Waals surface area (Å²) >= 11 is 0. The van der Waals surface area contributed by atoms with E-state index in [0.29, 0.717) is 0 Å². The molecule has 0 atom stereocenters. The molecule has 0 aliphatic heterocycles. The molecule has 0 saturated heterocycles. The van der Waals surface area contributed by atoms with Gasteiger partial charge < -0.3 is 19.8 Å². The van der Waals surface area contributed by atoms with Crippen LogP contribution in [0, 0.1) is 0 Å². The Hall–Kier alpha value is -1.41. The number of carboxylic acids is 2. The molecular formula is C14H8CaO6S. The minimum atomic E-state index is -4.33. The quantitative estimate of drug-likeness (QED) is 0.648. The van der Waals surface area contributed by atoms with Crippen molar-refractivity contribution in [3.05, 3.63) is 59.7 Å². The van der Waals surface area contributed by atoms with Crippen LogP contribution in [0.1, 0.15) is 20.7 Å². The Bertz CT molecular complexity index is 765. The summed E-state index contributed by atoms with van der Waals surface area (Å²) in [6, 6.07) is 9.65. The van der Waals surface area contributed by atoms with Crippen LogP contribution in [0.4, 0.5) is 0 Å². The number of benzene rings is 2. The molecule has 0 aliphatic rings. The molecule has 2 aromatic carbocycles. The second-order valence-electron chi connectivity index (χ2n) is 4.07. The smallest absolute Gasteiger partial charge is 0.545 e. The summed E-state index contributed by atoms with van der Waals surface area (Å²) in [5.74, 6) is -3.33. The van der Waals surface area contributed by atoms with Crippen LogP contribution in [0.5, 0.6) is 0 Å². The number of hydrogen-bond donors (Lipinski definition) is 0. The zero-order valence-corrected chi connectivity index (χ0v) is 14.2. The number of hydrogen-bond acceptors (Lipinski definition) is 6. The maximum atomic E-state index is 12.5. The minimum Gasteiger partial charge on any atom is -0.545 e. The van der Waals surface area contributed by atoms with Crippen LogP contribution in [0.2, 0.25) is 0 Å². The molecule has 8 heteroatoms. The van der Waals surface area contributed by atoms with E-state index in [2.05, 4.69) is 0 Å². The second kappa shape index (κ2) is 7.23. The van der Waals surface area contributed by atoms with Crippen molar-refractivity contribution in [1.82, 2.24) is 0 Å². The van der Waals surface area contributed by atoms with Gasteiger partial charge in [0.25, 0.3) is 0 Å². The van der Waals surface area contributed by atoms with Gasteiger partial charge in [0.15, 0.2) is 0 Å². The van der Waals surface area contributed by atoms with Crippen molar-refractivity contribution in [2.45, 2.75) is 9.79 Å². The zero-order valence-electron chi connectivity index (χ0n) is 11.2. The molecule has 0 spiro atoms. The van der Waals surface area contributed by atoms with Gasteiger partial charge in [0.1, 0.15) is 0 Å². The van der Waals surface area contributed by atoms with Crippen molar-refractivity contribution in [2.75, 3.05) is 0 Å². The van der Waals surface area contributed by atoms with Crippen molar-refractivity contribution >= 4 is 59.5 Å². The van der Waals surface area contributed by atoms with E-state index in [-0.39, 0.29) is 37.7 Å². The number of sulfone groups is 1. The van der Waals surface area contributed by atoms with Gasteiger partial charge in [0.05, 0.1) is 21.7 Å². The maximum absolute atomic E-state index is 12.5. The van der Waals surface area contributed by atoms with E-state index in [0.717, 1.165) is 24.3 Å². The molecule has 0 amide bonds. The van der Waals surface area contributed by atoms with Crippen molar-refractivity contribution in [2.24, 2.45) is 0 Å². The third-order valence-electron chi connectivity index (χ3n) is 2.79. The van der Waals surface area contributed by atoms with E-state index in [9.17, 15) is 28.2 Å². The summed E-state index contributed by atoms with van der Waals surface area (Å²) in [6.45, 7) is 0. The van der Waals surface area contributed by atoms with Gasteiger partial charge in [-0.05, 0) is 12.1 Å². The number of rotatable bonds is 4. The first-order valence-electron chi connectivity index (χ1n) is 5.71. The minimum absolute atomic E-state index is 0. The van der Waals surface area contributed by atoms with E-state index in [4.69, 9.17) is 0 Å². The van der Waals surface area contributed by atoms with Crippen LogP contribution in [0.3, 0.4) is 0 Å². The number of carbonyl (C=O) groups is 2. The molecule has 0 aliphatic carbocycles. The first kappa shape index (κ1) is 18.6. The average molecular weight is 344 g/mol. The van der Waals surface area contributed by atoms with Crippen molar-refractivity contribution in [3.63, 3.8) is 0 Å². The molecule has 0 bridgehead atoms. The normalized spacial score (nSPS) is 10.5. The molecule has 0 fully saturated rings. The zero-order chi connectivity index (χ0) is 15.6. The van der Waals surface area contributed by atoms with Gasteiger partial charge in [0, 0.05) is 11.1 Å². The van der Waals surface area contributed by atoms with Gasteiger partial charge in [-0.3, -0.25) is 0 Å². The fourth-order valence-electron chi connectivity index (χ4n) is 1.86. The first-order chi connectivity index (χ1) is 9.85. The van der Waals surface area contributed by atoms with E-state index < -0.39 is 42.7 Å². The standard InChI is InChI=1S/C14H10O6S.Ca/c15-13(16)9-5-1-3-7-11(9)21(19,20)12-8-4-2-6-10(12)14(17)18;/h1-8H,(H,15,16)(H,17,18);/q;+2/p-2. The molecule has 0 N–H and O–H groups in total. The van der Waals surface area contributed by atoms with Gasteiger partial charge in [-0.1, -0.05) is 36.4 Å². The molecule has 0 unspecified atom stereocenters. The largest absolute Gasteiger partial charge is 2.00 e. The molecule has 2 rings (SSSR count). The van der Waals surface area contributed by atoms with Crippen LogP contribution >= 0.6 is 0 Å². The Morgan fingerprint density at radius 2 is 1.05 bits per heavy atom. The molecule has 22 heavy (non-hydrogen) atoms. The molecule has 108 valence electrons. The van der Waals surface area contributed by atoms with Crippen LogP contribution in [0.25, 0.3) is 0 Å². The summed E-state index contributed by atoms with van der Waals surface area (Å²) in [7, 11) is -4.33. The van der Waals surface area contributed by atoms with Gasteiger partial charge in [0.2, 0.25) is 9.84 Å². The second-order valence-corrected chi connectivity index (χ2v) is 5.96. The first-order valence-corrected chi connectivity index (χ1v) is 7.20. The van der Waals surface area contributed by atoms with Gasteiger partial charge >= 0.3 is 37.7 Å². The van der Waals surface area contributed by atoms with Gasteiger partial charge in [-0.2, -0.15) is 0 Å². The van der Waals surface area contributed by atoms with Crippen molar-refractivity contribution in [1.29, 1.82) is 0 Å². The van der Waals surface area contributed by atoms with E-state index in [1.165, 1.54) is 24.3 Å². The molecule has 0 heterocycles. The SMILES string of the molecule is O=C([O-])c1ccccc1S(=O)(=O)c1ccccc1C(=O)[O-].[Ca+2]. The van der Waals surface area contributed by atoms with Crippen LogP contribution in [-0.4, -0.2) is 58.1 Å². The van der Waals surface area contributed by atoms with Crippen molar-refractivity contribution in [3.8, 4) is 0 Å². The summed E-state index contributed by atoms with van der Waals surface area (Å²) in [5.41, 5.74) is -1.07. The summed E-state index contributed by atoms with van der Waals surface area (Å²) in [5, 5.41) is 22.0. The summed E-state index contributed by atoms with van der Waals surface area (Å²) in [4.78, 5) is 21.0.